The van der Waals surface area contributed by atoms with Crippen LogP contribution in [0.2, 0.25) is 0 Å². The van der Waals surface area contributed by atoms with Gasteiger partial charge in [0.15, 0.2) is 0 Å². The van der Waals surface area contributed by atoms with Crippen LogP contribution in [-0.2, 0) is 0 Å². The molecule has 2 atom stereocenters. The number of likely N-dealkylation sites (tertiary alicyclic amines) is 1. The van der Waals surface area contributed by atoms with Gasteiger partial charge in [-0.2, -0.15) is 10.4 Å². The van der Waals surface area contributed by atoms with Crippen molar-refractivity contribution in [1.82, 2.24) is 15.1 Å². The van der Waals surface area contributed by atoms with Crippen molar-refractivity contribution in [3.63, 3.8) is 0 Å². The quantitative estimate of drug-likeness (QED) is 0.899. The molecule has 5 heteroatoms. The van der Waals surface area contributed by atoms with Crippen molar-refractivity contribution in [2.75, 3.05) is 25.0 Å². The molecule has 2 aromatic rings. The monoisotopic (exact) mass is 333 g/mol. The maximum Gasteiger partial charge on any atom is 0.0917 e. The fourth-order valence-corrected chi connectivity index (χ4v) is 3.88. The van der Waals surface area contributed by atoms with E-state index in [1.807, 2.05) is 18.3 Å². The first kappa shape index (κ1) is 15.9. The number of H-pyrrole nitrogens is 1. The standard InChI is InChI=1S/C20H23N5/c21-14-20(8-2-1-3-9-20)15-25-10-4-5-18(13-25)23-17-6-7-19-16(11-17)12-22-24-19/h1-3,6-8,11-12,18,23H,4-5,9-10,13,15H2,(H,22,24). The van der Waals surface area contributed by atoms with Crippen LogP contribution in [0.25, 0.3) is 10.9 Å². The second kappa shape index (κ2) is 6.73. The van der Waals surface area contributed by atoms with E-state index in [4.69, 9.17) is 0 Å². The second-order valence-corrected chi connectivity index (χ2v) is 7.15. The average molecular weight is 333 g/mol. The molecule has 1 aromatic carbocycles. The number of hydrogen-bond acceptors (Lipinski definition) is 4. The Balaban J connectivity index is 1.41. The molecule has 1 aliphatic heterocycles. The van der Waals surface area contributed by atoms with Gasteiger partial charge in [-0.1, -0.05) is 24.3 Å². The summed E-state index contributed by atoms with van der Waals surface area (Å²) < 4.78 is 0. The predicted molar refractivity (Wildman–Crippen MR) is 100 cm³/mol. The number of rotatable bonds is 4. The van der Waals surface area contributed by atoms with Gasteiger partial charge in [-0.25, -0.2) is 0 Å². The number of fused-ring (bicyclic) bond motifs is 1. The van der Waals surface area contributed by atoms with Gasteiger partial charge in [-0.05, 0) is 44.0 Å². The normalized spacial score (nSPS) is 26.6. The molecule has 0 bridgehead atoms. The summed E-state index contributed by atoms with van der Waals surface area (Å²) in [5, 5.41) is 21.5. The van der Waals surface area contributed by atoms with Gasteiger partial charge in [0, 0.05) is 30.2 Å². The molecule has 1 aromatic heterocycles. The number of allylic oxidation sites excluding steroid dienone is 3. The molecule has 2 N–H and O–H groups in total. The Bertz CT molecular complexity index is 843. The van der Waals surface area contributed by atoms with Crippen molar-refractivity contribution in [3.05, 3.63) is 48.7 Å². The van der Waals surface area contributed by atoms with Gasteiger partial charge in [-0.3, -0.25) is 10.00 Å². The van der Waals surface area contributed by atoms with Crippen molar-refractivity contribution in [3.8, 4) is 6.07 Å². The minimum absolute atomic E-state index is 0.369. The van der Waals surface area contributed by atoms with E-state index in [2.05, 4.69) is 56.8 Å². The minimum atomic E-state index is -0.369. The van der Waals surface area contributed by atoms with Gasteiger partial charge in [0.2, 0.25) is 0 Å². The summed E-state index contributed by atoms with van der Waals surface area (Å²) in [5.74, 6) is 0. The first-order chi connectivity index (χ1) is 12.3. The van der Waals surface area contributed by atoms with Gasteiger partial charge < -0.3 is 5.32 Å². The zero-order chi connectivity index (χ0) is 17.1. The highest BCUT2D eigenvalue weighted by atomic mass is 15.2. The Morgan fingerprint density at radius 1 is 1.40 bits per heavy atom. The fraction of sp³-hybridized carbons (Fsp3) is 0.400. The topological polar surface area (TPSA) is 67.7 Å². The number of aromatic amines is 1. The van der Waals surface area contributed by atoms with Crippen molar-refractivity contribution in [2.24, 2.45) is 5.41 Å². The third-order valence-electron chi connectivity index (χ3n) is 5.19. The Morgan fingerprint density at radius 3 is 3.20 bits per heavy atom. The van der Waals surface area contributed by atoms with Crippen LogP contribution < -0.4 is 5.32 Å². The zero-order valence-corrected chi connectivity index (χ0v) is 14.3. The molecule has 1 aliphatic carbocycles. The van der Waals surface area contributed by atoms with E-state index in [1.165, 1.54) is 0 Å². The summed E-state index contributed by atoms with van der Waals surface area (Å²) in [7, 11) is 0. The van der Waals surface area contributed by atoms with Crippen molar-refractivity contribution >= 4 is 16.6 Å². The molecule has 0 radical (unpaired) electrons. The SMILES string of the molecule is N#CC1(CN2CCCC(Nc3ccc4[nH]ncc4c3)C2)C=CC=CC1. The van der Waals surface area contributed by atoms with Gasteiger partial charge in [0.25, 0.3) is 0 Å². The number of anilines is 1. The molecule has 0 amide bonds. The van der Waals surface area contributed by atoms with E-state index in [0.29, 0.717) is 6.04 Å². The van der Waals surface area contributed by atoms with Crippen LogP contribution in [0.4, 0.5) is 5.69 Å². The van der Waals surface area contributed by atoms with E-state index < -0.39 is 0 Å². The molecule has 1 fully saturated rings. The van der Waals surface area contributed by atoms with Crippen LogP contribution in [0.5, 0.6) is 0 Å². The number of nitrogens with zero attached hydrogens (tertiary/aromatic N) is 3. The highest BCUT2D eigenvalue weighted by Crippen LogP contribution is 2.30. The average Bonchev–Trinajstić information content (AvgIpc) is 3.10. The summed E-state index contributed by atoms with van der Waals surface area (Å²) >= 11 is 0. The largest absolute Gasteiger partial charge is 0.381 e. The lowest BCUT2D eigenvalue weighted by Crippen LogP contribution is -2.46. The fourth-order valence-electron chi connectivity index (χ4n) is 3.88. The Morgan fingerprint density at radius 2 is 2.36 bits per heavy atom. The lowest BCUT2D eigenvalue weighted by Gasteiger charge is -2.37. The third-order valence-corrected chi connectivity index (χ3v) is 5.19. The number of nitrogens with one attached hydrogen (secondary N) is 2. The first-order valence-electron chi connectivity index (χ1n) is 8.94. The lowest BCUT2D eigenvalue weighted by atomic mass is 9.82. The van der Waals surface area contributed by atoms with Crippen LogP contribution in [-0.4, -0.2) is 40.8 Å². The molecule has 2 aliphatic rings. The zero-order valence-electron chi connectivity index (χ0n) is 14.3. The predicted octanol–water partition coefficient (Wildman–Crippen LogP) is 3.47. The summed E-state index contributed by atoms with van der Waals surface area (Å²) in [5.41, 5.74) is 1.83. The molecule has 4 rings (SSSR count). The molecular weight excluding hydrogens is 310 g/mol. The first-order valence-corrected chi connectivity index (χ1v) is 8.94. The molecule has 0 saturated carbocycles. The van der Waals surface area contributed by atoms with Crippen LogP contribution in [0.3, 0.4) is 0 Å². The summed E-state index contributed by atoms with van der Waals surface area (Å²) in [6.07, 6.45) is 13.2. The second-order valence-electron chi connectivity index (χ2n) is 7.15. The van der Waals surface area contributed by atoms with Crippen LogP contribution in [0.1, 0.15) is 19.3 Å². The summed E-state index contributed by atoms with van der Waals surface area (Å²) in [6.45, 7) is 2.85. The highest BCUT2D eigenvalue weighted by Gasteiger charge is 2.31. The van der Waals surface area contributed by atoms with Crippen LogP contribution >= 0.6 is 0 Å². The van der Waals surface area contributed by atoms with Crippen molar-refractivity contribution in [1.29, 1.82) is 5.26 Å². The Labute approximate surface area is 148 Å². The molecule has 5 nitrogen and oxygen atoms in total. The molecule has 2 heterocycles. The van der Waals surface area contributed by atoms with Gasteiger partial charge in [0.1, 0.15) is 0 Å². The van der Waals surface area contributed by atoms with Gasteiger partial charge >= 0.3 is 0 Å². The molecular formula is C20H23N5. The van der Waals surface area contributed by atoms with Crippen LogP contribution in [0.15, 0.2) is 48.7 Å². The molecule has 1 saturated heterocycles. The highest BCUT2D eigenvalue weighted by molar-refractivity contribution is 5.81. The van der Waals surface area contributed by atoms with E-state index in [1.54, 1.807) is 0 Å². The Kier molecular flexibility index (Phi) is 4.29. The number of aromatic nitrogens is 2. The summed E-state index contributed by atoms with van der Waals surface area (Å²) in [4.78, 5) is 2.43. The van der Waals surface area contributed by atoms with E-state index in [-0.39, 0.29) is 5.41 Å². The smallest absolute Gasteiger partial charge is 0.0917 e. The van der Waals surface area contributed by atoms with E-state index in [0.717, 1.165) is 55.5 Å². The number of nitriles is 1. The van der Waals surface area contributed by atoms with Gasteiger partial charge in [-0.15, -0.1) is 0 Å². The van der Waals surface area contributed by atoms with E-state index >= 15 is 0 Å². The number of piperidine rings is 1. The minimum Gasteiger partial charge on any atom is -0.381 e. The number of hydrogen-bond donors (Lipinski definition) is 2. The Hall–Kier alpha value is -2.58. The maximum absolute atomic E-state index is 9.67. The van der Waals surface area contributed by atoms with Crippen molar-refractivity contribution in [2.45, 2.75) is 25.3 Å². The van der Waals surface area contributed by atoms with Crippen molar-refractivity contribution < 1.29 is 0 Å². The molecule has 2 unspecified atom stereocenters. The number of benzene rings is 1. The molecule has 0 spiro atoms. The third kappa shape index (κ3) is 3.45. The molecule has 25 heavy (non-hydrogen) atoms. The van der Waals surface area contributed by atoms with E-state index in [9.17, 15) is 5.26 Å². The molecule has 128 valence electrons. The summed E-state index contributed by atoms with van der Waals surface area (Å²) in [6, 6.07) is 9.26. The van der Waals surface area contributed by atoms with Gasteiger partial charge in [0.05, 0.1) is 23.2 Å². The lowest BCUT2D eigenvalue weighted by molar-refractivity contribution is 0.177. The van der Waals surface area contributed by atoms with Crippen LogP contribution in [0, 0.1) is 16.7 Å². The maximum atomic E-state index is 9.67.